The zero-order valence-electron chi connectivity index (χ0n) is 22.5. The van der Waals surface area contributed by atoms with Gasteiger partial charge in [0.25, 0.3) is 0 Å². The molecule has 1 amide bonds. The highest BCUT2D eigenvalue weighted by atomic mass is 32.2. The van der Waals surface area contributed by atoms with Crippen LogP contribution in [0.2, 0.25) is 0 Å². The predicted octanol–water partition coefficient (Wildman–Crippen LogP) is 1.53. The van der Waals surface area contributed by atoms with Gasteiger partial charge in [-0.05, 0) is 27.7 Å². The Morgan fingerprint density at radius 3 is 2.55 bits per heavy atom. The van der Waals surface area contributed by atoms with Crippen LogP contribution in [0, 0.1) is 6.92 Å². The van der Waals surface area contributed by atoms with Gasteiger partial charge in [0.05, 0.1) is 23.9 Å². The van der Waals surface area contributed by atoms with Crippen molar-refractivity contribution in [2.24, 2.45) is 0 Å². The third kappa shape index (κ3) is 4.34. The molecule has 0 radical (unpaired) electrons. The first-order valence-corrected chi connectivity index (χ1v) is 13.9. The van der Waals surface area contributed by atoms with Crippen LogP contribution < -0.4 is 10.1 Å². The monoisotopic (exact) mass is 567 g/mol. The smallest absolute Gasteiger partial charge is 0.244 e. The molecule has 0 saturated carbocycles. The van der Waals surface area contributed by atoms with Crippen LogP contribution in [0.3, 0.4) is 0 Å². The molecule has 1 unspecified atom stereocenters. The van der Waals surface area contributed by atoms with E-state index in [0.29, 0.717) is 18.8 Å². The van der Waals surface area contributed by atoms with Crippen molar-refractivity contribution >= 4 is 35.0 Å². The van der Waals surface area contributed by atoms with Gasteiger partial charge in [-0.1, -0.05) is 5.21 Å². The van der Waals surface area contributed by atoms with E-state index >= 15 is 0 Å². The number of hydrogen-bond acceptors (Lipinski definition) is 11. The number of nitrogens with one attached hydrogen (secondary N) is 1. The number of aromatic nitrogens is 3. The van der Waals surface area contributed by atoms with E-state index in [1.807, 2.05) is 11.8 Å². The predicted molar refractivity (Wildman–Crippen MR) is 144 cm³/mol. The molecule has 40 heavy (non-hydrogen) atoms. The molecule has 5 rings (SSSR count). The number of carbonyl (C=O) groups excluding carboxylic acids is 4. The quantitative estimate of drug-likeness (QED) is 0.263. The van der Waals surface area contributed by atoms with Crippen LogP contribution in [-0.2, 0) is 32.9 Å². The van der Waals surface area contributed by atoms with E-state index in [1.54, 1.807) is 18.0 Å². The fourth-order valence-electron chi connectivity index (χ4n) is 5.22. The van der Waals surface area contributed by atoms with Gasteiger partial charge < -0.3 is 25.2 Å². The Balaban J connectivity index is 1.39. The highest BCUT2D eigenvalue weighted by Crippen LogP contribution is 2.57. The molecule has 1 fully saturated rings. The fraction of sp³-hybridized carbons (Fsp3) is 0.407. The number of carbonyl (C=O) groups is 4. The van der Waals surface area contributed by atoms with Gasteiger partial charge in [0.2, 0.25) is 5.91 Å². The standard InChI is InChI=1S/C27H29N5O7S/c1-13-23(36)21(15(3)33)25-22(24(13)37)27(4)18(39-25)9-17(34)20(26(27)38)14(2)28-10-16-11-32(30-29-16)12-19(35)31-5-7-40-8-6-31/h9,11,28,36-37H,5-8,10,12H2,1-4H3/b20-14+. The molecule has 210 valence electrons. The third-order valence-corrected chi connectivity index (χ3v) is 8.48. The van der Waals surface area contributed by atoms with Crippen LogP contribution in [0.15, 0.2) is 29.3 Å². The number of ether oxygens (including phenoxy) is 1. The van der Waals surface area contributed by atoms with Crippen LogP contribution in [0.5, 0.6) is 17.2 Å². The molecule has 3 N–H and O–H groups in total. The number of fused-ring (bicyclic) bond motifs is 3. The Labute approximate surface area is 234 Å². The van der Waals surface area contributed by atoms with Gasteiger partial charge in [-0.3, -0.25) is 19.2 Å². The Morgan fingerprint density at radius 2 is 1.88 bits per heavy atom. The van der Waals surface area contributed by atoms with Crippen LogP contribution in [0.25, 0.3) is 0 Å². The molecule has 0 bridgehead atoms. The summed E-state index contributed by atoms with van der Waals surface area (Å²) in [5, 5.41) is 32.6. The summed E-state index contributed by atoms with van der Waals surface area (Å²) in [6.45, 7) is 7.38. The molecule has 1 aromatic heterocycles. The van der Waals surface area contributed by atoms with Crippen molar-refractivity contribution in [3.05, 3.63) is 51.7 Å². The first-order chi connectivity index (χ1) is 18.9. The van der Waals surface area contributed by atoms with E-state index in [1.165, 1.54) is 31.5 Å². The van der Waals surface area contributed by atoms with Gasteiger partial charge >= 0.3 is 0 Å². The normalized spacial score (nSPS) is 21.4. The highest BCUT2D eigenvalue weighted by molar-refractivity contribution is 7.99. The minimum Gasteiger partial charge on any atom is -0.507 e. The number of Topliss-reactive ketones (excluding diaryl/α,β-unsaturated/α-hetero) is 2. The van der Waals surface area contributed by atoms with Crippen molar-refractivity contribution in [1.29, 1.82) is 0 Å². The fourth-order valence-corrected chi connectivity index (χ4v) is 6.13. The van der Waals surface area contributed by atoms with Crippen molar-refractivity contribution in [2.45, 2.75) is 46.2 Å². The second-order valence-corrected chi connectivity index (χ2v) is 11.4. The van der Waals surface area contributed by atoms with Gasteiger partial charge in [-0.2, -0.15) is 11.8 Å². The number of rotatable bonds is 6. The number of nitrogens with zero attached hydrogens (tertiary/aromatic N) is 4. The molecular formula is C27H29N5O7S. The molecule has 3 aliphatic rings. The molecule has 1 aromatic carbocycles. The number of phenolic OH excluding ortho intramolecular Hbond substituents is 2. The van der Waals surface area contributed by atoms with E-state index < -0.39 is 28.5 Å². The van der Waals surface area contributed by atoms with Crippen LogP contribution in [-0.4, -0.2) is 78.0 Å². The van der Waals surface area contributed by atoms with E-state index in [0.717, 1.165) is 11.5 Å². The second-order valence-electron chi connectivity index (χ2n) is 10.1. The van der Waals surface area contributed by atoms with Crippen molar-refractivity contribution in [3.8, 4) is 17.2 Å². The summed E-state index contributed by atoms with van der Waals surface area (Å²) in [6, 6.07) is 0. The lowest BCUT2D eigenvalue weighted by molar-refractivity contribution is -0.131. The maximum absolute atomic E-state index is 13.9. The Morgan fingerprint density at radius 1 is 1.18 bits per heavy atom. The van der Waals surface area contributed by atoms with Crippen molar-refractivity contribution in [3.63, 3.8) is 0 Å². The van der Waals surface area contributed by atoms with Crippen LogP contribution in [0.1, 0.15) is 48.0 Å². The summed E-state index contributed by atoms with van der Waals surface area (Å²) in [5.41, 5.74) is -1.05. The minimum atomic E-state index is -1.59. The van der Waals surface area contributed by atoms with Crippen molar-refractivity contribution in [1.82, 2.24) is 25.2 Å². The van der Waals surface area contributed by atoms with Gasteiger partial charge in [0.1, 0.15) is 46.2 Å². The van der Waals surface area contributed by atoms with Gasteiger partial charge in [-0.15, -0.1) is 5.10 Å². The van der Waals surface area contributed by atoms with E-state index in [2.05, 4.69) is 15.6 Å². The first kappa shape index (κ1) is 27.4. The Kier molecular flexibility index (Phi) is 6.94. The third-order valence-electron chi connectivity index (χ3n) is 7.54. The highest BCUT2D eigenvalue weighted by Gasteiger charge is 2.56. The first-order valence-electron chi connectivity index (χ1n) is 12.7. The molecular weight excluding hydrogens is 538 g/mol. The number of benzene rings is 1. The summed E-state index contributed by atoms with van der Waals surface area (Å²) >= 11 is 1.82. The molecule has 2 aliphatic heterocycles. The molecule has 1 saturated heterocycles. The summed E-state index contributed by atoms with van der Waals surface area (Å²) < 4.78 is 7.24. The maximum Gasteiger partial charge on any atom is 0.244 e. The number of thioether (sulfide) groups is 1. The molecule has 0 spiro atoms. The van der Waals surface area contributed by atoms with Crippen molar-refractivity contribution in [2.75, 3.05) is 24.6 Å². The Hall–Kier alpha value is -4.13. The van der Waals surface area contributed by atoms with E-state index in [4.69, 9.17) is 4.74 Å². The number of aromatic hydroxyl groups is 2. The second kappa shape index (κ2) is 10.1. The van der Waals surface area contributed by atoms with Gasteiger partial charge in [0, 0.05) is 41.9 Å². The summed E-state index contributed by atoms with van der Waals surface area (Å²) in [7, 11) is 0. The molecule has 1 atom stereocenters. The molecule has 2 aromatic rings. The van der Waals surface area contributed by atoms with E-state index in [-0.39, 0.29) is 64.2 Å². The SMILES string of the molecule is CC(=O)c1c(O)c(C)c(O)c2c1OC1=CC(=O)/C(=C(/C)NCc3cn(CC(=O)N4CCSCC4)nn3)C(=O)C12C. The van der Waals surface area contributed by atoms with Crippen LogP contribution in [0.4, 0.5) is 0 Å². The number of amides is 1. The average molecular weight is 568 g/mol. The average Bonchev–Trinajstić information content (AvgIpc) is 3.48. The van der Waals surface area contributed by atoms with Crippen molar-refractivity contribution < 1.29 is 34.1 Å². The van der Waals surface area contributed by atoms with Crippen LogP contribution >= 0.6 is 11.8 Å². The van der Waals surface area contributed by atoms with Gasteiger partial charge in [0.15, 0.2) is 17.3 Å². The lowest BCUT2D eigenvalue weighted by Gasteiger charge is -2.29. The number of hydrogen-bond donors (Lipinski definition) is 3. The lowest BCUT2D eigenvalue weighted by Crippen LogP contribution is -2.41. The molecule has 3 heterocycles. The van der Waals surface area contributed by atoms with E-state index in [9.17, 15) is 29.4 Å². The zero-order chi connectivity index (χ0) is 28.9. The minimum absolute atomic E-state index is 0.0286. The topological polar surface area (TPSA) is 164 Å². The number of phenols is 2. The molecule has 1 aliphatic carbocycles. The van der Waals surface area contributed by atoms with Gasteiger partial charge in [-0.25, -0.2) is 4.68 Å². The summed E-state index contributed by atoms with van der Waals surface area (Å²) in [6.07, 6.45) is 2.79. The summed E-state index contributed by atoms with van der Waals surface area (Å²) in [5.74, 6) is -0.937. The number of ketones is 3. The lowest BCUT2D eigenvalue weighted by atomic mass is 9.70. The molecule has 13 heteroatoms. The number of allylic oxidation sites excluding steroid dienone is 4. The largest absolute Gasteiger partial charge is 0.507 e. The summed E-state index contributed by atoms with van der Waals surface area (Å²) in [4.78, 5) is 53.6. The molecule has 12 nitrogen and oxygen atoms in total. The Bertz CT molecular complexity index is 1540. The maximum atomic E-state index is 13.9. The zero-order valence-corrected chi connectivity index (χ0v) is 23.3.